The van der Waals surface area contributed by atoms with Gasteiger partial charge in [-0.05, 0) is 28.1 Å². The number of imidazole rings is 2. The summed E-state index contributed by atoms with van der Waals surface area (Å²) in [7, 11) is -2.08. The number of sulfone groups is 1. The normalized spacial score (nSPS) is 12.9. The molecular weight excluding hydrogens is 475 g/mol. The van der Waals surface area contributed by atoms with Gasteiger partial charge in [-0.15, -0.1) is 0 Å². The molecule has 0 aliphatic carbocycles. The van der Waals surface area contributed by atoms with Gasteiger partial charge in [-0.25, -0.2) is 23.4 Å². The molecule has 29 heavy (non-hydrogen) atoms. The zero-order valence-electron chi connectivity index (χ0n) is 15.1. The van der Waals surface area contributed by atoms with Crippen LogP contribution in [0.2, 0.25) is 0 Å². The molecule has 0 amide bonds. The van der Waals surface area contributed by atoms with Crippen molar-refractivity contribution in [3.63, 3.8) is 0 Å². The molecule has 4 aromatic heterocycles. The molecule has 0 saturated heterocycles. The molecule has 4 heterocycles. The lowest BCUT2D eigenvalue weighted by Gasteiger charge is -2.11. The molecule has 0 bridgehead atoms. The third-order valence-corrected chi connectivity index (χ3v) is 6.92. The van der Waals surface area contributed by atoms with E-state index in [1.807, 2.05) is 0 Å². The van der Waals surface area contributed by atoms with E-state index in [-0.39, 0.29) is 27.6 Å². The van der Waals surface area contributed by atoms with Crippen molar-refractivity contribution in [1.29, 1.82) is 0 Å². The highest BCUT2D eigenvalue weighted by molar-refractivity contribution is 9.10. The van der Waals surface area contributed by atoms with Crippen LogP contribution in [0.5, 0.6) is 0 Å². The Bertz CT molecular complexity index is 1380. The Balaban J connectivity index is 2.04. The second-order valence-corrected chi connectivity index (χ2v) is 9.37. The molecule has 0 spiro atoms. The molecule has 4 aromatic rings. The van der Waals surface area contributed by atoms with Crippen LogP contribution in [0.4, 0.5) is 13.2 Å². The minimum absolute atomic E-state index is 0.00797. The highest BCUT2D eigenvalue weighted by atomic mass is 79.9. The number of alkyl halides is 3. The van der Waals surface area contributed by atoms with Gasteiger partial charge >= 0.3 is 6.18 Å². The minimum atomic E-state index is -4.61. The summed E-state index contributed by atoms with van der Waals surface area (Å²) < 4.78 is 68.1. The van der Waals surface area contributed by atoms with Crippen LogP contribution in [0.1, 0.15) is 12.6 Å². The Hall–Kier alpha value is -2.47. The smallest absolute Gasteiger partial charge is 0.326 e. The zero-order chi connectivity index (χ0) is 21.1. The summed E-state index contributed by atoms with van der Waals surface area (Å²) in [6.07, 6.45) is -0.577. The molecule has 0 aliphatic heterocycles. The Kier molecular flexibility index (Phi) is 4.46. The molecule has 0 saturated carbocycles. The highest BCUT2D eigenvalue weighted by Gasteiger charge is 2.33. The number of halogens is 4. The molecule has 0 radical (unpaired) electrons. The van der Waals surface area contributed by atoms with E-state index in [0.717, 1.165) is 12.3 Å². The molecule has 0 aromatic carbocycles. The molecule has 0 N–H and O–H groups in total. The van der Waals surface area contributed by atoms with Crippen molar-refractivity contribution in [3.05, 3.63) is 41.0 Å². The fourth-order valence-corrected chi connectivity index (χ4v) is 4.49. The monoisotopic (exact) mass is 487 g/mol. The van der Waals surface area contributed by atoms with E-state index in [0.29, 0.717) is 15.8 Å². The fraction of sp³-hybridized carbons (Fsp3) is 0.235. The maximum Gasteiger partial charge on any atom is 0.433 e. The third kappa shape index (κ3) is 3.19. The molecular formula is C17H13BrF3N5O2S. The summed E-state index contributed by atoms with van der Waals surface area (Å²) in [5.74, 6) is 0.0522. The number of rotatable bonds is 3. The molecule has 0 unspecified atom stereocenters. The van der Waals surface area contributed by atoms with Gasteiger partial charge in [0.05, 0.1) is 34.1 Å². The highest BCUT2D eigenvalue weighted by Crippen LogP contribution is 2.34. The van der Waals surface area contributed by atoms with Gasteiger partial charge < -0.3 is 4.57 Å². The Morgan fingerprint density at radius 1 is 1.17 bits per heavy atom. The van der Waals surface area contributed by atoms with Gasteiger partial charge in [-0.2, -0.15) is 13.2 Å². The summed E-state index contributed by atoms with van der Waals surface area (Å²) in [4.78, 5) is 12.0. The van der Waals surface area contributed by atoms with Crippen LogP contribution >= 0.6 is 15.9 Å². The van der Waals surface area contributed by atoms with E-state index >= 15 is 0 Å². The number of hydrogen-bond donors (Lipinski definition) is 0. The second-order valence-electron chi connectivity index (χ2n) is 6.31. The predicted molar refractivity (Wildman–Crippen MR) is 103 cm³/mol. The third-order valence-electron chi connectivity index (χ3n) is 4.58. The largest absolute Gasteiger partial charge is 0.433 e. The van der Waals surface area contributed by atoms with Gasteiger partial charge in [0.25, 0.3) is 0 Å². The minimum Gasteiger partial charge on any atom is -0.326 e. The van der Waals surface area contributed by atoms with Crippen molar-refractivity contribution in [3.8, 4) is 11.4 Å². The summed E-state index contributed by atoms with van der Waals surface area (Å²) in [6.45, 7) is 1.51. The lowest BCUT2D eigenvalue weighted by molar-refractivity contribution is -0.141. The SMILES string of the molecule is CCS(=O)(=O)c1cn2c(Br)cnc2cc1-c1nc2cc(C(F)(F)F)ncc2n1C. The van der Waals surface area contributed by atoms with Gasteiger partial charge in [0, 0.05) is 18.8 Å². The predicted octanol–water partition coefficient (Wildman–Crippen LogP) is 3.86. The standard InChI is InChI=1S/C17H13BrF3N5O2S/c1-3-29(27,28)12-8-26-14(18)7-23-15(26)4-9(12)16-24-10-5-13(17(19,20)21)22-6-11(10)25(16)2/h4-8H,3H2,1-2H3. The molecule has 0 atom stereocenters. The van der Waals surface area contributed by atoms with Gasteiger partial charge in [0.15, 0.2) is 9.84 Å². The van der Waals surface area contributed by atoms with Crippen LogP contribution in [-0.4, -0.2) is 38.1 Å². The van der Waals surface area contributed by atoms with Crippen molar-refractivity contribution < 1.29 is 21.6 Å². The quantitative estimate of drug-likeness (QED) is 0.438. The van der Waals surface area contributed by atoms with E-state index in [1.54, 1.807) is 17.5 Å². The van der Waals surface area contributed by atoms with Crippen LogP contribution in [-0.2, 0) is 23.1 Å². The van der Waals surface area contributed by atoms with Crippen molar-refractivity contribution in [1.82, 2.24) is 23.9 Å². The molecule has 7 nitrogen and oxygen atoms in total. The lowest BCUT2D eigenvalue weighted by Crippen LogP contribution is -2.09. The maximum atomic E-state index is 13.0. The number of nitrogens with zero attached hydrogens (tertiary/aromatic N) is 5. The lowest BCUT2D eigenvalue weighted by atomic mass is 10.2. The second kappa shape index (κ2) is 6.52. The first-order valence-corrected chi connectivity index (χ1v) is 10.8. The Morgan fingerprint density at radius 2 is 1.90 bits per heavy atom. The van der Waals surface area contributed by atoms with Gasteiger partial charge in [-0.1, -0.05) is 6.92 Å². The van der Waals surface area contributed by atoms with Gasteiger partial charge in [0.1, 0.15) is 21.8 Å². The average molecular weight is 488 g/mol. The molecule has 12 heteroatoms. The van der Waals surface area contributed by atoms with Crippen LogP contribution in [0.25, 0.3) is 28.1 Å². The summed E-state index contributed by atoms with van der Waals surface area (Å²) in [5, 5.41) is 0. The first-order chi connectivity index (χ1) is 13.5. The topological polar surface area (TPSA) is 82.2 Å². The van der Waals surface area contributed by atoms with Gasteiger partial charge in [0.2, 0.25) is 0 Å². The molecule has 4 rings (SSSR count). The van der Waals surface area contributed by atoms with Crippen LogP contribution in [0.3, 0.4) is 0 Å². The van der Waals surface area contributed by atoms with E-state index in [4.69, 9.17) is 0 Å². The number of hydrogen-bond acceptors (Lipinski definition) is 5. The van der Waals surface area contributed by atoms with Crippen molar-refractivity contribution in [2.24, 2.45) is 7.05 Å². The first kappa shape index (κ1) is 19.8. The zero-order valence-corrected chi connectivity index (χ0v) is 17.5. The number of aryl methyl sites for hydroxylation is 1. The van der Waals surface area contributed by atoms with E-state index in [2.05, 4.69) is 30.9 Å². The van der Waals surface area contributed by atoms with Crippen molar-refractivity contribution in [2.75, 3.05) is 5.75 Å². The molecule has 0 aliphatic rings. The number of aromatic nitrogens is 5. The fourth-order valence-electron chi connectivity index (χ4n) is 3.04. The van der Waals surface area contributed by atoms with E-state index < -0.39 is 21.7 Å². The Labute approximate surface area is 171 Å². The maximum absolute atomic E-state index is 13.0. The van der Waals surface area contributed by atoms with Crippen molar-refractivity contribution >= 4 is 42.4 Å². The van der Waals surface area contributed by atoms with Crippen LogP contribution < -0.4 is 0 Å². The Morgan fingerprint density at radius 3 is 2.55 bits per heavy atom. The van der Waals surface area contributed by atoms with Crippen LogP contribution in [0.15, 0.2) is 40.2 Å². The summed E-state index contributed by atoms with van der Waals surface area (Å²) in [5.41, 5.74) is 0.0581. The van der Waals surface area contributed by atoms with Crippen LogP contribution in [0, 0.1) is 0 Å². The van der Waals surface area contributed by atoms with E-state index in [9.17, 15) is 21.6 Å². The number of pyridine rings is 2. The van der Waals surface area contributed by atoms with E-state index in [1.165, 1.54) is 23.9 Å². The number of fused-ring (bicyclic) bond motifs is 2. The van der Waals surface area contributed by atoms with Crippen molar-refractivity contribution in [2.45, 2.75) is 18.0 Å². The molecule has 152 valence electrons. The molecule has 0 fully saturated rings. The van der Waals surface area contributed by atoms with Gasteiger partial charge in [-0.3, -0.25) is 4.40 Å². The summed E-state index contributed by atoms with van der Waals surface area (Å²) >= 11 is 3.31. The average Bonchev–Trinajstić information content (AvgIpc) is 3.20. The summed E-state index contributed by atoms with van der Waals surface area (Å²) in [6, 6.07) is 2.39. The first-order valence-electron chi connectivity index (χ1n) is 8.32.